The largest absolute Gasteiger partial charge is 0.269 e. The Kier molecular flexibility index (Phi) is 5.29. The first kappa shape index (κ1) is 20.4. The van der Waals surface area contributed by atoms with Crippen LogP contribution in [-0.4, -0.2) is 33.6 Å². The molecule has 0 aliphatic rings. The van der Waals surface area contributed by atoms with Crippen molar-refractivity contribution in [1.29, 1.82) is 0 Å². The number of aryl methyl sites for hydroxylation is 1. The van der Waals surface area contributed by atoms with Crippen molar-refractivity contribution in [3.8, 4) is 11.4 Å². The maximum absolute atomic E-state index is 14.0. The van der Waals surface area contributed by atoms with Gasteiger partial charge in [0.15, 0.2) is 17.3 Å². The van der Waals surface area contributed by atoms with E-state index >= 15 is 0 Å². The Bertz CT molecular complexity index is 1350. The van der Waals surface area contributed by atoms with Crippen LogP contribution in [0.2, 0.25) is 0 Å². The second-order valence-electron chi connectivity index (χ2n) is 6.60. The minimum atomic E-state index is -4.01. The molecule has 0 bridgehead atoms. The van der Waals surface area contributed by atoms with Crippen LogP contribution < -0.4 is 0 Å². The molecule has 0 unspecified atom stereocenters. The SMILES string of the molecule is CSCc1nc(-c2cn(S(=O)(=O)c3ccc(C)cc3)c3ncc(F)cc23)ncc1F. The molecule has 0 atom stereocenters. The molecule has 0 aliphatic heterocycles. The molecule has 4 rings (SSSR count). The highest BCUT2D eigenvalue weighted by Crippen LogP contribution is 2.31. The van der Waals surface area contributed by atoms with Crippen LogP contribution in [0.4, 0.5) is 8.78 Å². The van der Waals surface area contributed by atoms with E-state index in [1.165, 1.54) is 36.2 Å². The van der Waals surface area contributed by atoms with Crippen LogP contribution >= 0.6 is 11.8 Å². The summed E-state index contributed by atoms with van der Waals surface area (Å²) in [5, 5.41) is 0.215. The maximum Gasteiger partial charge on any atom is 0.269 e. The van der Waals surface area contributed by atoms with Gasteiger partial charge in [-0.15, -0.1) is 0 Å². The number of thioether (sulfide) groups is 1. The van der Waals surface area contributed by atoms with E-state index in [1.54, 1.807) is 18.4 Å². The first-order chi connectivity index (χ1) is 14.3. The van der Waals surface area contributed by atoms with E-state index in [-0.39, 0.29) is 33.0 Å². The zero-order chi connectivity index (χ0) is 21.5. The summed E-state index contributed by atoms with van der Waals surface area (Å²) in [7, 11) is -4.01. The normalized spacial score (nSPS) is 11.9. The summed E-state index contributed by atoms with van der Waals surface area (Å²) in [4.78, 5) is 12.3. The van der Waals surface area contributed by atoms with Gasteiger partial charge < -0.3 is 0 Å². The highest BCUT2D eigenvalue weighted by atomic mass is 32.2. The quantitative estimate of drug-likeness (QED) is 0.458. The smallest absolute Gasteiger partial charge is 0.234 e. The topological polar surface area (TPSA) is 77.7 Å². The van der Waals surface area contributed by atoms with Crippen molar-refractivity contribution < 1.29 is 17.2 Å². The zero-order valence-electron chi connectivity index (χ0n) is 16.0. The van der Waals surface area contributed by atoms with Gasteiger partial charge in [0.2, 0.25) is 0 Å². The summed E-state index contributed by atoms with van der Waals surface area (Å²) in [5.41, 5.74) is 1.37. The number of halogens is 2. The molecule has 0 fully saturated rings. The average molecular weight is 447 g/mol. The summed E-state index contributed by atoms with van der Waals surface area (Å²) < 4.78 is 55.4. The molecule has 3 heterocycles. The third-order valence-corrected chi connectivity index (χ3v) is 6.72. The number of fused-ring (bicyclic) bond motifs is 1. The van der Waals surface area contributed by atoms with Gasteiger partial charge in [-0.2, -0.15) is 11.8 Å². The molecule has 4 aromatic rings. The molecule has 0 spiro atoms. The highest BCUT2D eigenvalue weighted by molar-refractivity contribution is 7.97. The molecule has 1 aromatic carbocycles. The molecular formula is C20H16F2N4O2S2. The molecule has 10 heteroatoms. The van der Waals surface area contributed by atoms with E-state index in [9.17, 15) is 17.2 Å². The van der Waals surface area contributed by atoms with Gasteiger partial charge in [-0.1, -0.05) is 17.7 Å². The molecule has 30 heavy (non-hydrogen) atoms. The third-order valence-electron chi connectivity index (χ3n) is 4.50. The van der Waals surface area contributed by atoms with Gasteiger partial charge in [-0.3, -0.25) is 0 Å². The Hall–Kier alpha value is -2.85. The van der Waals surface area contributed by atoms with Crippen molar-refractivity contribution in [2.45, 2.75) is 17.6 Å². The van der Waals surface area contributed by atoms with Crippen LogP contribution in [0, 0.1) is 18.6 Å². The van der Waals surface area contributed by atoms with Crippen LogP contribution in [-0.2, 0) is 15.8 Å². The fourth-order valence-electron chi connectivity index (χ4n) is 3.01. The predicted molar refractivity (Wildman–Crippen MR) is 112 cm³/mol. The average Bonchev–Trinajstić information content (AvgIpc) is 3.09. The first-order valence-corrected chi connectivity index (χ1v) is 11.6. The summed E-state index contributed by atoms with van der Waals surface area (Å²) in [5.74, 6) is -0.793. The van der Waals surface area contributed by atoms with Gasteiger partial charge in [0.25, 0.3) is 10.0 Å². The molecule has 0 radical (unpaired) electrons. The first-order valence-electron chi connectivity index (χ1n) is 8.81. The van der Waals surface area contributed by atoms with Crippen molar-refractivity contribution >= 4 is 32.8 Å². The lowest BCUT2D eigenvalue weighted by Crippen LogP contribution is -2.12. The number of pyridine rings is 1. The van der Waals surface area contributed by atoms with Gasteiger partial charge in [-0.25, -0.2) is 36.1 Å². The van der Waals surface area contributed by atoms with E-state index in [4.69, 9.17) is 0 Å². The van der Waals surface area contributed by atoms with Crippen molar-refractivity contribution in [1.82, 2.24) is 18.9 Å². The lowest BCUT2D eigenvalue weighted by atomic mass is 10.2. The maximum atomic E-state index is 14.0. The number of benzene rings is 1. The number of nitrogens with zero attached hydrogens (tertiary/aromatic N) is 4. The van der Waals surface area contributed by atoms with Crippen molar-refractivity contribution in [2.24, 2.45) is 0 Å². The van der Waals surface area contributed by atoms with Crippen LogP contribution in [0.5, 0.6) is 0 Å². The summed E-state index contributed by atoms with van der Waals surface area (Å²) in [6.45, 7) is 1.85. The van der Waals surface area contributed by atoms with Crippen molar-refractivity contribution in [2.75, 3.05) is 6.26 Å². The van der Waals surface area contributed by atoms with Gasteiger partial charge in [-0.05, 0) is 31.4 Å². The fraction of sp³-hybridized carbons (Fsp3) is 0.150. The minimum absolute atomic E-state index is 0.0336. The number of hydrogen-bond donors (Lipinski definition) is 0. The van der Waals surface area contributed by atoms with Gasteiger partial charge >= 0.3 is 0 Å². The monoisotopic (exact) mass is 446 g/mol. The van der Waals surface area contributed by atoms with Gasteiger partial charge in [0.1, 0.15) is 5.82 Å². The highest BCUT2D eigenvalue weighted by Gasteiger charge is 2.24. The predicted octanol–water partition coefficient (Wildman–Crippen LogP) is 4.18. The molecule has 0 amide bonds. The van der Waals surface area contributed by atoms with Crippen molar-refractivity contribution in [3.05, 3.63) is 71.8 Å². The molecule has 6 nitrogen and oxygen atoms in total. The van der Waals surface area contributed by atoms with Crippen LogP contribution in [0.25, 0.3) is 22.4 Å². The van der Waals surface area contributed by atoms with E-state index in [2.05, 4.69) is 15.0 Å². The van der Waals surface area contributed by atoms with Crippen LogP contribution in [0.3, 0.4) is 0 Å². The molecular weight excluding hydrogens is 430 g/mol. The Morgan fingerprint density at radius 2 is 1.83 bits per heavy atom. The van der Waals surface area contributed by atoms with E-state index < -0.39 is 21.7 Å². The second-order valence-corrected chi connectivity index (χ2v) is 9.28. The Balaban J connectivity index is 1.96. The molecule has 154 valence electrons. The zero-order valence-corrected chi connectivity index (χ0v) is 17.6. The van der Waals surface area contributed by atoms with Crippen LogP contribution in [0.15, 0.2) is 53.8 Å². The van der Waals surface area contributed by atoms with E-state index in [0.29, 0.717) is 5.75 Å². The van der Waals surface area contributed by atoms with Gasteiger partial charge in [0, 0.05) is 22.9 Å². The molecule has 0 aliphatic carbocycles. The Labute approximate surface area is 176 Å². The Morgan fingerprint density at radius 3 is 2.53 bits per heavy atom. The number of aromatic nitrogens is 4. The third kappa shape index (κ3) is 3.56. The van der Waals surface area contributed by atoms with E-state index in [0.717, 1.165) is 21.9 Å². The lowest BCUT2D eigenvalue weighted by molar-refractivity contribution is 0.588. The molecule has 3 aromatic heterocycles. The molecule has 0 saturated carbocycles. The summed E-state index contributed by atoms with van der Waals surface area (Å²) in [6, 6.07) is 7.52. The standard InChI is InChI=1S/C20H16F2N4O2S2/c1-12-3-5-14(6-4-12)30(27,28)26-10-16(15-7-13(21)8-24-20(15)26)19-23-9-17(22)18(25-19)11-29-2/h3-10H,11H2,1-2H3. The van der Waals surface area contributed by atoms with E-state index in [1.807, 2.05) is 6.92 Å². The second kappa shape index (κ2) is 7.77. The molecule has 0 saturated heterocycles. The van der Waals surface area contributed by atoms with Crippen molar-refractivity contribution in [3.63, 3.8) is 0 Å². The number of hydrogen-bond acceptors (Lipinski definition) is 6. The molecule has 0 N–H and O–H groups in total. The van der Waals surface area contributed by atoms with Crippen LogP contribution in [0.1, 0.15) is 11.3 Å². The summed E-state index contributed by atoms with van der Waals surface area (Å²) >= 11 is 1.38. The minimum Gasteiger partial charge on any atom is -0.234 e. The Morgan fingerprint density at radius 1 is 1.10 bits per heavy atom. The number of rotatable bonds is 5. The fourth-order valence-corrected chi connectivity index (χ4v) is 4.81. The lowest BCUT2D eigenvalue weighted by Gasteiger charge is -2.07. The van der Waals surface area contributed by atoms with Gasteiger partial charge in [0.05, 0.1) is 23.0 Å². The summed E-state index contributed by atoms with van der Waals surface area (Å²) in [6.07, 6.45) is 5.07.